The molecule has 0 saturated heterocycles. The van der Waals surface area contributed by atoms with E-state index in [-0.39, 0.29) is 5.15 Å². The van der Waals surface area contributed by atoms with E-state index in [9.17, 15) is 5.11 Å². The number of halogens is 1. The van der Waals surface area contributed by atoms with Gasteiger partial charge in [-0.15, -0.1) is 0 Å². The molecule has 1 atom stereocenters. The summed E-state index contributed by atoms with van der Waals surface area (Å²) in [5, 5.41) is 12.9. The zero-order valence-electron chi connectivity index (χ0n) is 8.79. The molecule has 5 nitrogen and oxygen atoms in total. The Balaban J connectivity index is 2.70. The van der Waals surface area contributed by atoms with Crippen molar-refractivity contribution >= 4 is 23.1 Å². The minimum atomic E-state index is -0.788. The highest BCUT2D eigenvalue weighted by Crippen LogP contribution is 2.22. The summed E-state index contributed by atoms with van der Waals surface area (Å²) in [6, 6.07) is 0. The molecule has 0 aromatic carbocycles. The van der Waals surface area contributed by atoms with Crippen molar-refractivity contribution in [3.05, 3.63) is 11.5 Å². The summed E-state index contributed by atoms with van der Waals surface area (Å²) in [5.74, 6) is 0.448. The molecule has 1 heterocycles. The van der Waals surface area contributed by atoms with Crippen LogP contribution in [0, 0.1) is 0 Å². The lowest BCUT2D eigenvalue weighted by atomic mass is 10.0. The van der Waals surface area contributed by atoms with Crippen molar-refractivity contribution < 1.29 is 5.11 Å². The Kier molecular flexibility index (Phi) is 3.71. The first-order valence-electron chi connectivity index (χ1n) is 4.68. The number of aromatic nitrogens is 2. The third-order valence-corrected chi connectivity index (χ3v) is 2.53. The molecule has 1 aromatic rings. The Morgan fingerprint density at radius 1 is 1.60 bits per heavy atom. The summed E-state index contributed by atoms with van der Waals surface area (Å²) in [6.45, 7) is 4.00. The lowest BCUT2D eigenvalue weighted by Crippen LogP contribution is -2.32. The highest BCUT2D eigenvalue weighted by Gasteiger charge is 2.18. The van der Waals surface area contributed by atoms with E-state index in [0.717, 1.165) is 0 Å². The first-order chi connectivity index (χ1) is 6.96. The molecule has 4 N–H and O–H groups in total. The first kappa shape index (κ1) is 12.0. The minimum absolute atomic E-state index is 0.212. The molecule has 0 spiro atoms. The molecule has 0 aliphatic carbocycles. The number of rotatable bonds is 4. The van der Waals surface area contributed by atoms with Gasteiger partial charge in [-0.05, 0) is 13.3 Å². The Labute approximate surface area is 93.7 Å². The summed E-state index contributed by atoms with van der Waals surface area (Å²) >= 11 is 5.72. The van der Waals surface area contributed by atoms with Crippen molar-refractivity contribution in [3.63, 3.8) is 0 Å². The van der Waals surface area contributed by atoms with E-state index >= 15 is 0 Å². The second-order valence-electron chi connectivity index (χ2n) is 3.63. The maximum atomic E-state index is 9.77. The average Bonchev–Trinajstić information content (AvgIpc) is 2.20. The Bertz CT molecular complexity index is 343. The smallest absolute Gasteiger partial charge is 0.157 e. The molecule has 0 aliphatic heterocycles. The molecule has 1 aromatic heterocycles. The van der Waals surface area contributed by atoms with Gasteiger partial charge in [0.15, 0.2) is 11.0 Å². The molecule has 0 bridgehead atoms. The topological polar surface area (TPSA) is 84.1 Å². The van der Waals surface area contributed by atoms with E-state index in [1.165, 1.54) is 6.33 Å². The zero-order valence-corrected chi connectivity index (χ0v) is 9.54. The molecule has 15 heavy (non-hydrogen) atoms. The molecule has 1 rings (SSSR count). The molecule has 0 saturated carbocycles. The van der Waals surface area contributed by atoms with Crippen LogP contribution in [0.25, 0.3) is 0 Å². The van der Waals surface area contributed by atoms with Gasteiger partial charge in [-0.25, -0.2) is 9.97 Å². The van der Waals surface area contributed by atoms with Gasteiger partial charge in [0.25, 0.3) is 0 Å². The van der Waals surface area contributed by atoms with Crippen LogP contribution in [0.4, 0.5) is 11.5 Å². The fourth-order valence-corrected chi connectivity index (χ4v) is 1.05. The Morgan fingerprint density at radius 2 is 2.27 bits per heavy atom. The standard InChI is InChI=1S/C9H15ClN4O/c1-3-9(2,15)4-12-8-6(11)7(10)13-5-14-8/h5,15H,3-4,11H2,1-2H3,(H,12,13,14). The molecule has 0 radical (unpaired) electrons. The van der Waals surface area contributed by atoms with Crippen LogP contribution < -0.4 is 11.1 Å². The van der Waals surface area contributed by atoms with Gasteiger partial charge >= 0.3 is 0 Å². The van der Waals surface area contributed by atoms with Gasteiger partial charge in [0.1, 0.15) is 12.0 Å². The van der Waals surface area contributed by atoms with Crippen molar-refractivity contribution in [1.82, 2.24) is 9.97 Å². The van der Waals surface area contributed by atoms with E-state index in [4.69, 9.17) is 17.3 Å². The predicted molar refractivity (Wildman–Crippen MR) is 60.9 cm³/mol. The SMILES string of the molecule is CCC(C)(O)CNc1ncnc(Cl)c1N. The summed E-state index contributed by atoms with van der Waals surface area (Å²) in [7, 11) is 0. The highest BCUT2D eigenvalue weighted by atomic mass is 35.5. The number of nitrogens with two attached hydrogens (primary N) is 1. The number of nitrogens with one attached hydrogen (secondary N) is 1. The number of nitrogen functional groups attached to an aromatic ring is 1. The van der Waals surface area contributed by atoms with Crippen LogP contribution in [-0.4, -0.2) is 27.2 Å². The maximum Gasteiger partial charge on any atom is 0.157 e. The number of hydrogen-bond acceptors (Lipinski definition) is 5. The van der Waals surface area contributed by atoms with Gasteiger partial charge in [-0.1, -0.05) is 18.5 Å². The van der Waals surface area contributed by atoms with Gasteiger partial charge in [-0.3, -0.25) is 0 Å². The molecule has 0 aliphatic rings. The van der Waals surface area contributed by atoms with Crippen molar-refractivity contribution in [3.8, 4) is 0 Å². The molecule has 0 fully saturated rings. The molecule has 6 heteroatoms. The fourth-order valence-electron chi connectivity index (χ4n) is 0.914. The quantitative estimate of drug-likeness (QED) is 0.679. The van der Waals surface area contributed by atoms with Crippen molar-refractivity contribution in [2.75, 3.05) is 17.6 Å². The third kappa shape index (κ3) is 3.21. The minimum Gasteiger partial charge on any atom is -0.393 e. The normalized spacial score (nSPS) is 14.7. The highest BCUT2D eigenvalue weighted by molar-refractivity contribution is 6.32. The molecule has 1 unspecified atom stereocenters. The number of hydrogen-bond donors (Lipinski definition) is 3. The summed E-state index contributed by atoms with van der Waals surface area (Å²) in [6.07, 6.45) is 1.96. The van der Waals surface area contributed by atoms with Crippen LogP contribution in [0.2, 0.25) is 5.15 Å². The van der Waals surface area contributed by atoms with Crippen LogP contribution in [0.5, 0.6) is 0 Å². The zero-order chi connectivity index (χ0) is 11.5. The van der Waals surface area contributed by atoms with Crippen molar-refractivity contribution in [1.29, 1.82) is 0 Å². The van der Waals surface area contributed by atoms with Crippen LogP contribution in [0.3, 0.4) is 0 Å². The monoisotopic (exact) mass is 230 g/mol. The van der Waals surface area contributed by atoms with Gasteiger partial charge < -0.3 is 16.2 Å². The molecule has 84 valence electrons. The molecular formula is C9H15ClN4O. The second-order valence-corrected chi connectivity index (χ2v) is 3.99. The van der Waals surface area contributed by atoms with Crippen molar-refractivity contribution in [2.45, 2.75) is 25.9 Å². The van der Waals surface area contributed by atoms with Crippen LogP contribution >= 0.6 is 11.6 Å². The van der Waals surface area contributed by atoms with Crippen LogP contribution in [0.1, 0.15) is 20.3 Å². The largest absolute Gasteiger partial charge is 0.393 e. The number of aliphatic hydroxyl groups is 1. The lowest BCUT2D eigenvalue weighted by Gasteiger charge is -2.22. The first-order valence-corrected chi connectivity index (χ1v) is 5.06. The number of nitrogens with zero attached hydrogens (tertiary/aromatic N) is 2. The average molecular weight is 231 g/mol. The van der Waals surface area contributed by atoms with E-state index < -0.39 is 5.60 Å². The van der Waals surface area contributed by atoms with Gasteiger partial charge in [0, 0.05) is 6.54 Å². The van der Waals surface area contributed by atoms with Gasteiger partial charge in [-0.2, -0.15) is 0 Å². The van der Waals surface area contributed by atoms with Gasteiger partial charge in [0.05, 0.1) is 5.60 Å². The Hall–Kier alpha value is -1.07. The molecule has 0 amide bonds. The van der Waals surface area contributed by atoms with E-state index in [2.05, 4.69) is 15.3 Å². The van der Waals surface area contributed by atoms with E-state index in [1.54, 1.807) is 6.92 Å². The van der Waals surface area contributed by atoms with Crippen LogP contribution in [0.15, 0.2) is 6.33 Å². The van der Waals surface area contributed by atoms with Gasteiger partial charge in [0.2, 0.25) is 0 Å². The second kappa shape index (κ2) is 4.63. The fraction of sp³-hybridized carbons (Fsp3) is 0.556. The summed E-state index contributed by atoms with van der Waals surface area (Å²) in [4.78, 5) is 7.66. The van der Waals surface area contributed by atoms with E-state index in [0.29, 0.717) is 24.5 Å². The molecular weight excluding hydrogens is 216 g/mol. The Morgan fingerprint density at radius 3 is 2.87 bits per heavy atom. The van der Waals surface area contributed by atoms with Crippen molar-refractivity contribution in [2.24, 2.45) is 0 Å². The predicted octanol–water partition coefficient (Wildman–Crippen LogP) is 1.29. The van der Waals surface area contributed by atoms with Crippen LogP contribution in [-0.2, 0) is 0 Å². The third-order valence-electron chi connectivity index (χ3n) is 2.23. The number of anilines is 2. The summed E-state index contributed by atoms with van der Waals surface area (Å²) < 4.78 is 0. The maximum absolute atomic E-state index is 9.77. The summed E-state index contributed by atoms with van der Waals surface area (Å²) in [5.41, 5.74) is 5.16. The van der Waals surface area contributed by atoms with E-state index in [1.807, 2.05) is 6.92 Å². The lowest BCUT2D eigenvalue weighted by molar-refractivity contribution is 0.0697.